The summed E-state index contributed by atoms with van der Waals surface area (Å²) in [6, 6.07) is 9.14. The number of unbranched alkanes of at least 4 members (excludes halogenated alkanes) is 1. The van der Waals surface area contributed by atoms with Gasteiger partial charge in [0.15, 0.2) is 0 Å². The number of terminal acetylenes is 1. The molecule has 16 heavy (non-hydrogen) atoms. The van der Waals surface area contributed by atoms with Gasteiger partial charge in [0.2, 0.25) is 0 Å². The van der Waals surface area contributed by atoms with Crippen molar-refractivity contribution in [3.05, 3.63) is 35.4 Å². The van der Waals surface area contributed by atoms with Gasteiger partial charge in [-0.1, -0.05) is 36.8 Å². The first-order valence-corrected chi connectivity index (χ1v) is 6.01. The van der Waals surface area contributed by atoms with Gasteiger partial charge in [-0.3, -0.25) is 0 Å². The zero-order valence-corrected chi connectivity index (χ0v) is 10.3. The second-order valence-electron chi connectivity index (χ2n) is 4.12. The minimum Gasteiger partial charge on any atom is -0.310 e. The summed E-state index contributed by atoms with van der Waals surface area (Å²) >= 11 is 0. The third-order valence-corrected chi connectivity index (χ3v) is 2.71. The molecule has 1 N–H and O–H groups in total. The SMILES string of the molecule is C#CCCCC(NCC)c1cccc(C)c1. The lowest BCUT2D eigenvalue weighted by Gasteiger charge is -2.18. The molecule has 0 aromatic heterocycles. The molecule has 0 aliphatic heterocycles. The Balaban J connectivity index is 2.65. The molecule has 0 spiro atoms. The second kappa shape index (κ2) is 7.09. The van der Waals surface area contributed by atoms with Crippen molar-refractivity contribution in [1.82, 2.24) is 5.32 Å². The van der Waals surface area contributed by atoms with E-state index in [9.17, 15) is 0 Å². The fraction of sp³-hybridized carbons (Fsp3) is 0.467. The Bertz CT molecular complexity index is 349. The van der Waals surface area contributed by atoms with Gasteiger partial charge in [-0.15, -0.1) is 12.3 Å². The lowest BCUT2D eigenvalue weighted by atomic mass is 9.99. The summed E-state index contributed by atoms with van der Waals surface area (Å²) in [4.78, 5) is 0. The molecule has 0 aliphatic carbocycles. The molecule has 0 fully saturated rings. The lowest BCUT2D eigenvalue weighted by molar-refractivity contribution is 0.501. The van der Waals surface area contributed by atoms with E-state index < -0.39 is 0 Å². The lowest BCUT2D eigenvalue weighted by Crippen LogP contribution is -2.20. The van der Waals surface area contributed by atoms with Crippen molar-refractivity contribution in [2.45, 2.75) is 39.2 Å². The minimum absolute atomic E-state index is 0.443. The monoisotopic (exact) mass is 215 g/mol. The number of benzene rings is 1. The molecule has 0 heterocycles. The van der Waals surface area contributed by atoms with Crippen LogP contribution in [-0.2, 0) is 0 Å². The van der Waals surface area contributed by atoms with Gasteiger partial charge in [-0.25, -0.2) is 0 Å². The van der Waals surface area contributed by atoms with Crippen LogP contribution in [0, 0.1) is 19.3 Å². The van der Waals surface area contributed by atoms with Gasteiger partial charge in [-0.2, -0.15) is 0 Å². The Morgan fingerprint density at radius 3 is 2.88 bits per heavy atom. The molecule has 0 radical (unpaired) electrons. The van der Waals surface area contributed by atoms with Crippen molar-refractivity contribution in [1.29, 1.82) is 0 Å². The Labute approximate surface area is 99.3 Å². The van der Waals surface area contributed by atoms with Crippen LogP contribution < -0.4 is 5.32 Å². The summed E-state index contributed by atoms with van der Waals surface area (Å²) in [6.07, 6.45) is 8.35. The third kappa shape index (κ3) is 4.08. The molecule has 1 rings (SSSR count). The van der Waals surface area contributed by atoms with Crippen molar-refractivity contribution in [2.24, 2.45) is 0 Å². The van der Waals surface area contributed by atoms with Gasteiger partial charge in [0.25, 0.3) is 0 Å². The molecular weight excluding hydrogens is 194 g/mol. The van der Waals surface area contributed by atoms with E-state index in [1.165, 1.54) is 11.1 Å². The van der Waals surface area contributed by atoms with Crippen LogP contribution in [0.25, 0.3) is 0 Å². The van der Waals surface area contributed by atoms with Crippen LogP contribution in [0.4, 0.5) is 0 Å². The molecule has 0 saturated carbocycles. The average molecular weight is 215 g/mol. The van der Waals surface area contributed by atoms with Crippen molar-refractivity contribution in [3.63, 3.8) is 0 Å². The molecule has 1 nitrogen and oxygen atoms in total. The van der Waals surface area contributed by atoms with Crippen LogP contribution in [-0.4, -0.2) is 6.54 Å². The summed E-state index contributed by atoms with van der Waals surface area (Å²) in [7, 11) is 0. The van der Waals surface area contributed by atoms with E-state index in [2.05, 4.69) is 49.4 Å². The number of aryl methyl sites for hydroxylation is 1. The number of rotatable bonds is 6. The summed E-state index contributed by atoms with van der Waals surface area (Å²) in [5, 5.41) is 3.52. The van der Waals surface area contributed by atoms with Crippen LogP contribution in [0.2, 0.25) is 0 Å². The van der Waals surface area contributed by atoms with E-state index in [4.69, 9.17) is 6.42 Å². The standard InChI is InChI=1S/C15H21N/c1-4-6-7-11-15(16-5-2)14-10-8-9-13(3)12-14/h1,8-10,12,15-16H,5-7,11H2,2-3H3. The molecule has 0 saturated heterocycles. The summed E-state index contributed by atoms with van der Waals surface area (Å²) in [5.74, 6) is 2.70. The van der Waals surface area contributed by atoms with E-state index in [1.54, 1.807) is 0 Å². The predicted molar refractivity (Wildman–Crippen MR) is 70.3 cm³/mol. The quantitative estimate of drug-likeness (QED) is 0.566. The maximum Gasteiger partial charge on any atom is 0.0320 e. The molecule has 1 aromatic rings. The fourth-order valence-corrected chi connectivity index (χ4v) is 1.93. The summed E-state index contributed by atoms with van der Waals surface area (Å²) < 4.78 is 0. The van der Waals surface area contributed by atoms with E-state index in [0.717, 1.165) is 25.8 Å². The predicted octanol–water partition coefficient (Wildman–Crippen LogP) is 3.45. The first kappa shape index (κ1) is 12.8. The van der Waals surface area contributed by atoms with Gasteiger partial charge in [0.1, 0.15) is 0 Å². The van der Waals surface area contributed by atoms with Gasteiger partial charge in [-0.05, 0) is 31.9 Å². The van der Waals surface area contributed by atoms with Crippen LogP contribution >= 0.6 is 0 Å². The van der Waals surface area contributed by atoms with Crippen molar-refractivity contribution in [2.75, 3.05) is 6.54 Å². The highest BCUT2D eigenvalue weighted by atomic mass is 14.9. The van der Waals surface area contributed by atoms with E-state index >= 15 is 0 Å². The largest absolute Gasteiger partial charge is 0.310 e. The summed E-state index contributed by atoms with van der Waals surface area (Å²) in [6.45, 7) is 5.27. The van der Waals surface area contributed by atoms with E-state index in [1.807, 2.05) is 0 Å². The molecule has 1 unspecified atom stereocenters. The zero-order valence-electron chi connectivity index (χ0n) is 10.3. The highest BCUT2D eigenvalue weighted by Crippen LogP contribution is 2.20. The van der Waals surface area contributed by atoms with Gasteiger partial charge < -0.3 is 5.32 Å². The van der Waals surface area contributed by atoms with Crippen molar-refractivity contribution >= 4 is 0 Å². The Morgan fingerprint density at radius 2 is 2.25 bits per heavy atom. The van der Waals surface area contributed by atoms with E-state index in [0.29, 0.717) is 6.04 Å². The first-order chi connectivity index (χ1) is 7.77. The van der Waals surface area contributed by atoms with Crippen LogP contribution in [0.15, 0.2) is 24.3 Å². The molecule has 0 amide bonds. The third-order valence-electron chi connectivity index (χ3n) is 2.71. The molecule has 1 heteroatoms. The molecule has 1 atom stereocenters. The Kier molecular flexibility index (Phi) is 5.67. The van der Waals surface area contributed by atoms with Gasteiger partial charge in [0.05, 0.1) is 0 Å². The van der Waals surface area contributed by atoms with Gasteiger partial charge >= 0.3 is 0 Å². The maximum atomic E-state index is 5.28. The Morgan fingerprint density at radius 1 is 1.44 bits per heavy atom. The normalized spacial score (nSPS) is 12.1. The molecule has 1 aromatic carbocycles. The highest BCUT2D eigenvalue weighted by molar-refractivity contribution is 5.25. The molecule has 0 aliphatic rings. The van der Waals surface area contributed by atoms with Crippen LogP contribution in [0.5, 0.6) is 0 Å². The fourth-order valence-electron chi connectivity index (χ4n) is 1.93. The van der Waals surface area contributed by atoms with E-state index in [-0.39, 0.29) is 0 Å². The smallest absolute Gasteiger partial charge is 0.0320 e. The minimum atomic E-state index is 0.443. The topological polar surface area (TPSA) is 12.0 Å². The zero-order chi connectivity index (χ0) is 11.8. The molecule has 86 valence electrons. The number of nitrogens with one attached hydrogen (secondary N) is 1. The first-order valence-electron chi connectivity index (χ1n) is 6.01. The second-order valence-corrected chi connectivity index (χ2v) is 4.12. The maximum absolute atomic E-state index is 5.28. The number of hydrogen-bond donors (Lipinski definition) is 1. The molecular formula is C15H21N. The van der Waals surface area contributed by atoms with Crippen molar-refractivity contribution in [3.8, 4) is 12.3 Å². The van der Waals surface area contributed by atoms with Crippen molar-refractivity contribution < 1.29 is 0 Å². The Hall–Kier alpha value is -1.26. The van der Waals surface area contributed by atoms with Gasteiger partial charge in [0, 0.05) is 12.5 Å². The van der Waals surface area contributed by atoms with Crippen LogP contribution in [0.1, 0.15) is 43.4 Å². The average Bonchev–Trinajstić information content (AvgIpc) is 2.28. The molecule has 0 bridgehead atoms. The highest BCUT2D eigenvalue weighted by Gasteiger charge is 2.09. The summed E-state index contributed by atoms with van der Waals surface area (Å²) in [5.41, 5.74) is 2.69. The number of hydrogen-bond acceptors (Lipinski definition) is 1. The van der Waals surface area contributed by atoms with Crippen LogP contribution in [0.3, 0.4) is 0 Å².